The normalized spacial score (nSPS) is 13.8. The lowest BCUT2D eigenvalue weighted by Crippen LogP contribution is -2.40. The van der Waals surface area contributed by atoms with Gasteiger partial charge in [0, 0.05) is 13.2 Å². The molecule has 0 saturated carbocycles. The number of ether oxygens (including phenoxy) is 3. The zero-order valence-corrected chi connectivity index (χ0v) is 13.4. The van der Waals surface area contributed by atoms with Crippen LogP contribution in [0.5, 0.6) is 11.5 Å². The highest BCUT2D eigenvalue weighted by Crippen LogP contribution is 2.37. The summed E-state index contributed by atoms with van der Waals surface area (Å²) in [4.78, 5) is 10.6. The Morgan fingerprint density at radius 1 is 1.57 bits per heavy atom. The first-order chi connectivity index (χ1) is 11.0. The van der Waals surface area contributed by atoms with Gasteiger partial charge in [0.05, 0.1) is 29.4 Å². The fourth-order valence-electron chi connectivity index (χ4n) is 1.92. The summed E-state index contributed by atoms with van der Waals surface area (Å²) in [6.45, 7) is 2.42. The van der Waals surface area contributed by atoms with Crippen LogP contribution in [-0.2, 0) is 4.74 Å². The van der Waals surface area contributed by atoms with E-state index in [0.29, 0.717) is 18.1 Å². The summed E-state index contributed by atoms with van der Waals surface area (Å²) < 4.78 is 15.3. The predicted octanol–water partition coefficient (Wildman–Crippen LogP) is 1.16. The molecule has 1 aliphatic heterocycles. The van der Waals surface area contributed by atoms with E-state index in [1.54, 1.807) is 7.11 Å². The second-order valence-electron chi connectivity index (χ2n) is 4.72. The number of nitrogens with one attached hydrogen (secondary N) is 2. The van der Waals surface area contributed by atoms with Crippen LogP contribution in [0.3, 0.4) is 0 Å². The highest BCUT2D eigenvalue weighted by Gasteiger charge is 2.22. The van der Waals surface area contributed by atoms with Gasteiger partial charge in [0.2, 0.25) is 6.79 Å². The number of nitro groups is 1. The number of nitro benzene ring substituents is 1. The number of hydrazone groups is 1. The minimum absolute atomic E-state index is 0.00933. The standard InChI is InChI=1S/C13H16N4O5S/c1-8(6-20-2)15-13(23)16-14-5-9-3-11-12(22-7-21-11)4-10(9)17(18)19/h3-5,8H,6-7H2,1-2H3,(H2,15,16,23)/b14-5-/t8-/m1/s1. The highest BCUT2D eigenvalue weighted by molar-refractivity contribution is 7.80. The largest absolute Gasteiger partial charge is 0.454 e. The minimum atomic E-state index is -0.513. The van der Waals surface area contributed by atoms with E-state index < -0.39 is 4.92 Å². The number of hydrogen-bond donors (Lipinski definition) is 2. The topological polar surface area (TPSA) is 107 Å². The highest BCUT2D eigenvalue weighted by atomic mass is 32.1. The molecule has 0 spiro atoms. The van der Waals surface area contributed by atoms with Gasteiger partial charge in [-0.1, -0.05) is 0 Å². The van der Waals surface area contributed by atoms with Gasteiger partial charge in [0.1, 0.15) is 0 Å². The molecule has 0 radical (unpaired) electrons. The van der Waals surface area contributed by atoms with Crippen molar-refractivity contribution in [2.75, 3.05) is 20.5 Å². The van der Waals surface area contributed by atoms with E-state index in [-0.39, 0.29) is 29.2 Å². The van der Waals surface area contributed by atoms with Crippen molar-refractivity contribution in [2.24, 2.45) is 5.10 Å². The van der Waals surface area contributed by atoms with Crippen LogP contribution in [0.25, 0.3) is 0 Å². The zero-order chi connectivity index (χ0) is 16.8. The van der Waals surface area contributed by atoms with Crippen LogP contribution in [0.1, 0.15) is 12.5 Å². The Bertz CT molecular complexity index is 637. The first-order valence-electron chi connectivity index (χ1n) is 6.67. The van der Waals surface area contributed by atoms with E-state index in [9.17, 15) is 10.1 Å². The van der Waals surface area contributed by atoms with E-state index >= 15 is 0 Å². The lowest BCUT2D eigenvalue weighted by atomic mass is 10.1. The maximum absolute atomic E-state index is 11.1. The quantitative estimate of drug-likeness (QED) is 0.344. The van der Waals surface area contributed by atoms with Gasteiger partial charge in [-0.3, -0.25) is 15.5 Å². The van der Waals surface area contributed by atoms with Crippen molar-refractivity contribution in [3.8, 4) is 11.5 Å². The first-order valence-corrected chi connectivity index (χ1v) is 7.08. The SMILES string of the molecule is COC[C@@H](C)NC(=S)N/N=C\c1cc2c(cc1[N+](=O)[O-])OCO2. The van der Waals surface area contributed by atoms with Gasteiger partial charge < -0.3 is 19.5 Å². The summed E-state index contributed by atoms with van der Waals surface area (Å²) in [6, 6.07) is 2.81. The Labute approximate surface area is 137 Å². The Morgan fingerprint density at radius 3 is 2.91 bits per heavy atom. The maximum atomic E-state index is 11.1. The molecule has 23 heavy (non-hydrogen) atoms. The molecule has 0 aliphatic carbocycles. The fourth-order valence-corrected chi connectivity index (χ4v) is 2.17. The number of rotatable bonds is 6. The molecular formula is C13H16N4O5S. The van der Waals surface area contributed by atoms with Crippen molar-refractivity contribution in [1.82, 2.24) is 10.7 Å². The Hall–Kier alpha value is -2.46. The summed E-state index contributed by atoms with van der Waals surface area (Å²) >= 11 is 5.05. The van der Waals surface area contributed by atoms with E-state index in [4.69, 9.17) is 26.4 Å². The van der Waals surface area contributed by atoms with Gasteiger partial charge in [0.25, 0.3) is 5.69 Å². The average Bonchev–Trinajstić information content (AvgIpc) is 2.93. The molecule has 1 heterocycles. The number of fused-ring (bicyclic) bond motifs is 1. The van der Waals surface area contributed by atoms with Crippen molar-refractivity contribution in [3.05, 3.63) is 27.8 Å². The smallest absolute Gasteiger partial charge is 0.282 e. The molecule has 2 N–H and O–H groups in total. The molecule has 10 heteroatoms. The number of thiocarbonyl (C=S) groups is 1. The van der Waals surface area contributed by atoms with E-state index in [1.807, 2.05) is 6.92 Å². The van der Waals surface area contributed by atoms with Crippen LogP contribution in [0.15, 0.2) is 17.2 Å². The predicted molar refractivity (Wildman–Crippen MR) is 87.0 cm³/mol. The van der Waals surface area contributed by atoms with Crippen LogP contribution in [-0.4, -0.2) is 42.8 Å². The molecule has 0 aromatic heterocycles. The molecule has 1 aliphatic rings. The lowest BCUT2D eigenvalue weighted by Gasteiger charge is -2.13. The number of hydrogen-bond acceptors (Lipinski definition) is 7. The zero-order valence-electron chi connectivity index (χ0n) is 12.6. The fraction of sp³-hybridized carbons (Fsp3) is 0.385. The van der Waals surface area contributed by atoms with Crippen molar-refractivity contribution < 1.29 is 19.1 Å². The number of benzene rings is 1. The van der Waals surface area contributed by atoms with Crippen molar-refractivity contribution in [3.63, 3.8) is 0 Å². The van der Waals surface area contributed by atoms with Crippen molar-refractivity contribution in [2.45, 2.75) is 13.0 Å². The van der Waals surface area contributed by atoms with E-state index in [1.165, 1.54) is 18.3 Å². The van der Waals surface area contributed by atoms with Crippen LogP contribution in [0.2, 0.25) is 0 Å². The Balaban J connectivity index is 2.04. The van der Waals surface area contributed by atoms with Gasteiger partial charge in [-0.05, 0) is 25.2 Å². The van der Waals surface area contributed by atoms with Gasteiger partial charge >= 0.3 is 0 Å². The third-order valence-electron chi connectivity index (χ3n) is 2.88. The van der Waals surface area contributed by atoms with Gasteiger partial charge in [-0.25, -0.2) is 0 Å². The third kappa shape index (κ3) is 4.50. The lowest BCUT2D eigenvalue weighted by molar-refractivity contribution is -0.385. The molecule has 1 aromatic carbocycles. The van der Waals surface area contributed by atoms with Gasteiger partial charge in [-0.2, -0.15) is 5.10 Å². The molecule has 1 atom stereocenters. The van der Waals surface area contributed by atoms with E-state index in [0.717, 1.165) is 0 Å². The monoisotopic (exact) mass is 340 g/mol. The first kappa shape index (κ1) is 16.9. The molecule has 1 aromatic rings. The summed E-state index contributed by atoms with van der Waals surface area (Å²) in [5, 5.41) is 18.2. The molecule has 0 unspecified atom stereocenters. The van der Waals surface area contributed by atoms with Crippen molar-refractivity contribution in [1.29, 1.82) is 0 Å². The summed E-state index contributed by atoms with van der Waals surface area (Å²) in [5.74, 6) is 0.777. The Morgan fingerprint density at radius 2 is 2.26 bits per heavy atom. The molecule has 0 bridgehead atoms. The summed E-state index contributed by atoms with van der Waals surface area (Å²) in [6.07, 6.45) is 1.30. The Kier molecular flexibility index (Phi) is 5.66. The third-order valence-corrected chi connectivity index (χ3v) is 3.09. The molecule has 0 saturated heterocycles. The molecule has 0 fully saturated rings. The van der Waals surface area contributed by atoms with Crippen LogP contribution in [0, 0.1) is 10.1 Å². The molecule has 2 rings (SSSR count). The second-order valence-corrected chi connectivity index (χ2v) is 5.13. The number of methoxy groups -OCH3 is 1. The minimum Gasteiger partial charge on any atom is -0.454 e. The summed E-state index contributed by atoms with van der Waals surface area (Å²) in [7, 11) is 1.59. The molecule has 9 nitrogen and oxygen atoms in total. The second kappa shape index (κ2) is 7.70. The summed E-state index contributed by atoms with van der Waals surface area (Å²) in [5.41, 5.74) is 2.74. The molecular weight excluding hydrogens is 324 g/mol. The maximum Gasteiger partial charge on any atom is 0.282 e. The van der Waals surface area contributed by atoms with Crippen molar-refractivity contribution >= 4 is 29.2 Å². The van der Waals surface area contributed by atoms with Crippen LogP contribution in [0.4, 0.5) is 5.69 Å². The molecule has 124 valence electrons. The van der Waals surface area contributed by atoms with Gasteiger partial charge in [-0.15, -0.1) is 0 Å². The van der Waals surface area contributed by atoms with Gasteiger partial charge in [0.15, 0.2) is 16.6 Å². The van der Waals surface area contributed by atoms with Crippen LogP contribution < -0.4 is 20.2 Å². The number of nitrogens with zero attached hydrogens (tertiary/aromatic N) is 2. The van der Waals surface area contributed by atoms with Crippen LogP contribution >= 0.6 is 12.2 Å². The average molecular weight is 340 g/mol. The molecule has 0 amide bonds. The van der Waals surface area contributed by atoms with E-state index in [2.05, 4.69) is 15.8 Å².